The van der Waals surface area contributed by atoms with E-state index in [1.807, 2.05) is 10.9 Å². The first kappa shape index (κ1) is 27.8. The van der Waals surface area contributed by atoms with Crippen LogP contribution in [0.15, 0.2) is 50.0 Å². The Kier molecular flexibility index (Phi) is 9.20. The molecule has 1 unspecified atom stereocenters. The van der Waals surface area contributed by atoms with Crippen molar-refractivity contribution in [2.75, 3.05) is 33.9 Å². The number of hydrogen-bond donors (Lipinski definition) is 1. The molecular weight excluding hydrogens is 478 g/mol. The van der Waals surface area contributed by atoms with Crippen molar-refractivity contribution in [1.29, 1.82) is 0 Å². The highest BCUT2D eigenvalue weighted by Crippen LogP contribution is 2.20. The van der Waals surface area contributed by atoms with Gasteiger partial charge >= 0.3 is 0 Å². The second-order valence-corrected chi connectivity index (χ2v) is 10.4. The van der Waals surface area contributed by atoms with Crippen LogP contribution in [0, 0.1) is 0 Å². The molecule has 206 valence electrons. The van der Waals surface area contributed by atoms with Crippen molar-refractivity contribution in [3.63, 3.8) is 0 Å². The first-order valence-electron chi connectivity index (χ1n) is 13.9. The molecule has 1 N–H and O–H groups in total. The Hall–Kier alpha value is -3.20. The molecule has 9 heteroatoms. The quantitative estimate of drug-likeness (QED) is 0.525. The van der Waals surface area contributed by atoms with Gasteiger partial charge in [0, 0.05) is 50.4 Å². The zero-order valence-electron chi connectivity index (χ0n) is 23.9. The molecule has 1 saturated heterocycles. The highest BCUT2D eigenvalue weighted by Gasteiger charge is 2.22. The average molecular weight is 522 g/mol. The number of aliphatic imine (C=N–C) groups is 1. The predicted octanol–water partition coefficient (Wildman–Crippen LogP) is 4.28. The van der Waals surface area contributed by atoms with Crippen LogP contribution in [0.25, 0.3) is 11.0 Å². The fourth-order valence-corrected chi connectivity index (χ4v) is 5.21. The Morgan fingerprint density at radius 2 is 2.11 bits per heavy atom. The summed E-state index contributed by atoms with van der Waals surface area (Å²) in [6.07, 6.45) is 11.9. The smallest absolute Gasteiger partial charge is 0.295 e. The lowest BCUT2D eigenvalue weighted by Crippen LogP contribution is -2.30. The summed E-state index contributed by atoms with van der Waals surface area (Å²) in [6, 6.07) is -0.000606. The fourth-order valence-electron chi connectivity index (χ4n) is 5.21. The summed E-state index contributed by atoms with van der Waals surface area (Å²) in [5.41, 5.74) is 7.63. The molecule has 0 aliphatic carbocycles. The second-order valence-electron chi connectivity index (χ2n) is 10.4. The van der Waals surface area contributed by atoms with Crippen LogP contribution in [0.4, 0.5) is 0 Å². The molecule has 38 heavy (non-hydrogen) atoms. The van der Waals surface area contributed by atoms with Crippen molar-refractivity contribution < 1.29 is 4.74 Å². The Morgan fingerprint density at radius 1 is 1.29 bits per heavy atom. The summed E-state index contributed by atoms with van der Waals surface area (Å²) in [7, 11) is 3.90. The van der Waals surface area contributed by atoms with E-state index in [1.165, 1.54) is 11.3 Å². The van der Waals surface area contributed by atoms with Crippen LogP contribution in [0.5, 0.6) is 0 Å². The number of ether oxygens (including phenoxy) is 1. The number of fused-ring (bicyclic) bond motifs is 1. The number of H-pyrrole nitrogens is 1. The van der Waals surface area contributed by atoms with Crippen LogP contribution >= 0.6 is 0 Å². The molecule has 0 saturated carbocycles. The fraction of sp³-hybridized carbons (Fsp3) is 0.586. The number of rotatable bonds is 8. The monoisotopic (exact) mass is 521 g/mol. The number of hydrogen-bond acceptors (Lipinski definition) is 6. The molecular formula is C29H43N7O2. The highest BCUT2D eigenvalue weighted by atomic mass is 16.5. The molecule has 4 heterocycles. The molecule has 2 aliphatic rings. The second kappa shape index (κ2) is 12.6. The molecule has 0 spiro atoms. The zero-order valence-corrected chi connectivity index (χ0v) is 23.9. The molecule has 9 nitrogen and oxygen atoms in total. The minimum absolute atomic E-state index is 0.000606. The van der Waals surface area contributed by atoms with E-state index in [-0.39, 0.29) is 11.6 Å². The standard InChI is InChI=1S/C29H43N7O2/c1-7-11-24-26-27(29(37)36(33-26)23-12-9-10-15-38-19-23)32-35(28(24)30-5)17-20(3)16-31-25(8-2)22-14-13-21(4)34(6)18-22/h13-14,16,23,33H,7-12,15,17-19H2,1-6H3/b20-16+,30-28?,31-25?. The Bertz CT molecular complexity index is 1390. The maximum Gasteiger partial charge on any atom is 0.295 e. The predicted molar refractivity (Wildman–Crippen MR) is 153 cm³/mol. The topological polar surface area (TPSA) is 92.8 Å². The van der Waals surface area contributed by atoms with Gasteiger partial charge < -0.3 is 9.64 Å². The normalized spacial score (nSPS) is 20.1. The van der Waals surface area contributed by atoms with Crippen molar-refractivity contribution in [3.05, 3.63) is 56.6 Å². The van der Waals surface area contributed by atoms with Gasteiger partial charge in [-0.15, -0.1) is 0 Å². The molecule has 2 aromatic rings. The van der Waals surface area contributed by atoms with Gasteiger partial charge in [0.05, 0.1) is 24.7 Å². The zero-order chi connectivity index (χ0) is 27.2. The molecule has 0 radical (unpaired) electrons. The van der Waals surface area contributed by atoms with E-state index < -0.39 is 0 Å². The van der Waals surface area contributed by atoms with Gasteiger partial charge in [-0.2, -0.15) is 5.10 Å². The molecule has 0 aromatic carbocycles. The average Bonchev–Trinajstić information content (AvgIpc) is 3.06. The molecule has 2 aliphatic heterocycles. The van der Waals surface area contributed by atoms with Crippen molar-refractivity contribution in [1.82, 2.24) is 24.5 Å². The molecule has 0 amide bonds. The minimum atomic E-state index is -0.0890. The lowest BCUT2D eigenvalue weighted by atomic mass is 10.0. The lowest BCUT2D eigenvalue weighted by Gasteiger charge is -2.25. The van der Waals surface area contributed by atoms with E-state index in [0.29, 0.717) is 18.7 Å². The molecule has 1 atom stereocenters. The lowest BCUT2D eigenvalue weighted by molar-refractivity contribution is 0.114. The molecule has 1 fully saturated rings. The third kappa shape index (κ3) is 5.93. The molecule has 2 aromatic heterocycles. The molecule has 4 rings (SSSR count). The number of allylic oxidation sites excluding steroid dienone is 4. The summed E-state index contributed by atoms with van der Waals surface area (Å²) < 4.78 is 9.37. The number of aromatic nitrogens is 4. The summed E-state index contributed by atoms with van der Waals surface area (Å²) in [4.78, 5) is 25.3. The Labute approximate surface area is 225 Å². The number of likely N-dealkylation sites (N-methyl/N-ethyl adjacent to an activating group) is 1. The van der Waals surface area contributed by atoms with Gasteiger partial charge in [0.15, 0.2) is 5.52 Å². The van der Waals surface area contributed by atoms with E-state index in [2.05, 4.69) is 61.9 Å². The van der Waals surface area contributed by atoms with Crippen molar-refractivity contribution in [3.8, 4) is 0 Å². The van der Waals surface area contributed by atoms with Crippen LogP contribution in [-0.2, 0) is 17.7 Å². The summed E-state index contributed by atoms with van der Waals surface area (Å²) in [6.45, 7) is 11.1. The summed E-state index contributed by atoms with van der Waals surface area (Å²) in [5.74, 6) is 0. The maximum atomic E-state index is 13.5. The van der Waals surface area contributed by atoms with Gasteiger partial charge in [0.25, 0.3) is 5.56 Å². The van der Waals surface area contributed by atoms with Gasteiger partial charge in [-0.05, 0) is 63.2 Å². The van der Waals surface area contributed by atoms with E-state index in [1.54, 1.807) is 11.7 Å². The summed E-state index contributed by atoms with van der Waals surface area (Å²) in [5, 5.41) is 8.22. The number of aryl methyl sites for hydroxylation is 1. The minimum Gasteiger partial charge on any atom is -0.379 e. The van der Waals surface area contributed by atoms with E-state index in [4.69, 9.17) is 14.8 Å². The largest absolute Gasteiger partial charge is 0.379 e. The SMILES string of the molecule is CCCc1c(=NC)n(C/C(C)=C/N=C(CC)C2=CC=C(C)N(C)C2)nc2c(=O)n(C3CCCCOC3)[nH]c12. The van der Waals surface area contributed by atoms with Crippen molar-refractivity contribution in [2.24, 2.45) is 9.98 Å². The first-order valence-corrected chi connectivity index (χ1v) is 13.9. The molecule has 0 bridgehead atoms. The first-order chi connectivity index (χ1) is 18.4. The third-order valence-corrected chi connectivity index (χ3v) is 7.47. The van der Waals surface area contributed by atoms with E-state index in [9.17, 15) is 4.79 Å². The van der Waals surface area contributed by atoms with E-state index in [0.717, 1.165) is 79.5 Å². The van der Waals surface area contributed by atoms with E-state index >= 15 is 0 Å². The maximum absolute atomic E-state index is 13.5. The van der Waals surface area contributed by atoms with Crippen molar-refractivity contribution >= 4 is 16.7 Å². The van der Waals surface area contributed by atoms with Gasteiger partial charge in [-0.1, -0.05) is 26.3 Å². The van der Waals surface area contributed by atoms with Crippen molar-refractivity contribution in [2.45, 2.75) is 78.8 Å². The van der Waals surface area contributed by atoms with Crippen LogP contribution < -0.4 is 11.0 Å². The van der Waals surface area contributed by atoms with Crippen LogP contribution in [0.3, 0.4) is 0 Å². The van der Waals surface area contributed by atoms with Crippen LogP contribution in [0.2, 0.25) is 0 Å². The highest BCUT2D eigenvalue weighted by molar-refractivity contribution is 6.01. The van der Waals surface area contributed by atoms with Crippen LogP contribution in [0.1, 0.15) is 71.4 Å². The number of nitrogens with one attached hydrogen (secondary N) is 1. The Balaban J connectivity index is 1.72. The number of aromatic amines is 1. The Morgan fingerprint density at radius 3 is 2.82 bits per heavy atom. The third-order valence-electron chi connectivity index (χ3n) is 7.47. The van der Waals surface area contributed by atoms with Gasteiger partial charge in [0.1, 0.15) is 5.49 Å². The van der Waals surface area contributed by atoms with Gasteiger partial charge in [-0.25, -0.2) is 9.36 Å². The number of nitrogens with zero attached hydrogens (tertiary/aromatic N) is 6. The summed E-state index contributed by atoms with van der Waals surface area (Å²) >= 11 is 0. The van der Waals surface area contributed by atoms with Crippen LogP contribution in [-0.4, -0.2) is 64.0 Å². The van der Waals surface area contributed by atoms with Gasteiger partial charge in [-0.3, -0.25) is 19.9 Å². The van der Waals surface area contributed by atoms with Gasteiger partial charge in [0.2, 0.25) is 0 Å².